The van der Waals surface area contributed by atoms with Gasteiger partial charge in [0.15, 0.2) is 0 Å². The van der Waals surface area contributed by atoms with Gasteiger partial charge in [-0.15, -0.1) is 0 Å². The number of aliphatic carboxylic acids is 1. The predicted molar refractivity (Wildman–Crippen MR) is 130 cm³/mol. The van der Waals surface area contributed by atoms with Crippen molar-refractivity contribution in [3.8, 4) is 0 Å². The molecule has 1 aliphatic heterocycles. The topological polar surface area (TPSA) is 57.6 Å². The van der Waals surface area contributed by atoms with Crippen LogP contribution in [0.5, 0.6) is 0 Å². The summed E-state index contributed by atoms with van der Waals surface area (Å²) in [5, 5.41) is 9.80. The van der Waals surface area contributed by atoms with Crippen LogP contribution in [-0.2, 0) is 21.4 Å². The third-order valence-corrected chi connectivity index (χ3v) is 7.96. The van der Waals surface area contributed by atoms with E-state index in [9.17, 15) is 9.59 Å². The molecule has 0 unspecified atom stereocenters. The molecule has 176 valence electrons. The highest BCUT2D eigenvalue weighted by atomic mass is 35.5. The fraction of sp³-hybridized carbons (Fsp3) is 0.630. The average Bonchev–Trinajstić information content (AvgIpc) is 2.69. The number of hydrogen-bond acceptors (Lipinski definition) is 2. The molecule has 1 saturated carbocycles. The summed E-state index contributed by atoms with van der Waals surface area (Å²) in [6.07, 6.45) is 8.22. The van der Waals surface area contributed by atoms with E-state index in [-0.39, 0.29) is 24.8 Å². The molecule has 0 bridgehead atoms. The van der Waals surface area contributed by atoms with E-state index in [1.807, 2.05) is 6.20 Å². The van der Waals surface area contributed by atoms with Crippen LogP contribution in [0.25, 0.3) is 0 Å². The highest BCUT2D eigenvalue weighted by molar-refractivity contribution is 6.31. The van der Waals surface area contributed by atoms with Gasteiger partial charge in [-0.2, -0.15) is 0 Å². The van der Waals surface area contributed by atoms with Crippen molar-refractivity contribution in [2.24, 2.45) is 17.3 Å². The summed E-state index contributed by atoms with van der Waals surface area (Å²) < 4.78 is 0. The molecule has 1 aromatic rings. The maximum absolute atomic E-state index is 12.9. The molecule has 1 amide bonds. The first-order valence-electron chi connectivity index (χ1n) is 11.9. The summed E-state index contributed by atoms with van der Waals surface area (Å²) in [7, 11) is 0. The molecule has 5 heteroatoms. The van der Waals surface area contributed by atoms with E-state index in [0.717, 1.165) is 22.6 Å². The maximum atomic E-state index is 12.9. The fourth-order valence-corrected chi connectivity index (χ4v) is 5.64. The fourth-order valence-electron chi connectivity index (χ4n) is 5.38. The first-order valence-corrected chi connectivity index (χ1v) is 12.3. The number of carboxylic acids is 1. The number of carbonyl (C=O) groups is 2. The Labute approximate surface area is 198 Å². The maximum Gasteiger partial charge on any atom is 0.305 e. The Kier molecular flexibility index (Phi) is 7.44. The largest absolute Gasteiger partial charge is 0.481 e. The van der Waals surface area contributed by atoms with Gasteiger partial charge < -0.3 is 10.0 Å². The van der Waals surface area contributed by atoms with E-state index in [4.69, 9.17) is 16.7 Å². The zero-order chi connectivity index (χ0) is 23.7. The summed E-state index contributed by atoms with van der Waals surface area (Å²) in [4.78, 5) is 25.4. The summed E-state index contributed by atoms with van der Waals surface area (Å²) in [6, 6.07) is 6.35. The van der Waals surface area contributed by atoms with Gasteiger partial charge in [-0.3, -0.25) is 9.59 Å². The normalized spacial score (nSPS) is 24.0. The van der Waals surface area contributed by atoms with Gasteiger partial charge in [0.1, 0.15) is 0 Å². The second-order valence-corrected chi connectivity index (χ2v) is 11.5. The van der Waals surface area contributed by atoms with Crippen LogP contribution in [0.4, 0.5) is 0 Å². The number of halogens is 1. The van der Waals surface area contributed by atoms with Crippen molar-refractivity contribution in [2.45, 2.75) is 85.0 Å². The number of nitrogens with zero attached hydrogens (tertiary/aromatic N) is 1. The highest BCUT2D eigenvalue weighted by Crippen LogP contribution is 2.44. The molecule has 2 aliphatic rings. The first-order chi connectivity index (χ1) is 14.9. The Bertz CT molecular complexity index is 894. The quantitative estimate of drug-likeness (QED) is 0.499. The minimum Gasteiger partial charge on any atom is -0.481 e. The molecule has 32 heavy (non-hydrogen) atoms. The average molecular weight is 460 g/mol. The molecule has 1 aromatic carbocycles. The molecule has 1 atom stereocenters. The number of benzene rings is 1. The SMILES string of the molecule is CC(C)C1=CN(CCC(=O)O)C(=O)C[C@@]1(C)c1ccc(CC2CCC(C)(C)CC2)c(Cl)c1. The zero-order valence-electron chi connectivity index (χ0n) is 20.2. The van der Waals surface area contributed by atoms with Gasteiger partial charge >= 0.3 is 5.97 Å². The number of hydrogen-bond donors (Lipinski definition) is 1. The second kappa shape index (κ2) is 9.59. The summed E-state index contributed by atoms with van der Waals surface area (Å²) >= 11 is 6.78. The highest BCUT2D eigenvalue weighted by Gasteiger charge is 2.40. The molecular weight excluding hydrogens is 422 g/mol. The van der Waals surface area contributed by atoms with Crippen molar-refractivity contribution in [3.05, 3.63) is 46.1 Å². The van der Waals surface area contributed by atoms with Crippen LogP contribution in [0.3, 0.4) is 0 Å². The Morgan fingerprint density at radius 3 is 2.44 bits per heavy atom. The first kappa shape index (κ1) is 24.8. The van der Waals surface area contributed by atoms with Gasteiger partial charge in [-0.1, -0.05) is 58.4 Å². The van der Waals surface area contributed by atoms with Crippen LogP contribution in [0, 0.1) is 17.3 Å². The van der Waals surface area contributed by atoms with E-state index < -0.39 is 11.4 Å². The number of amides is 1. The second-order valence-electron chi connectivity index (χ2n) is 11.1. The number of allylic oxidation sites excluding steroid dienone is 1. The molecule has 0 saturated heterocycles. The van der Waals surface area contributed by atoms with Crippen molar-refractivity contribution in [3.63, 3.8) is 0 Å². The zero-order valence-corrected chi connectivity index (χ0v) is 21.0. The minimum atomic E-state index is -0.894. The standard InChI is InChI=1S/C27H38ClNO3/c1-18(2)22-17-29(13-10-25(31)32)24(30)16-27(22,5)21-7-6-20(23(28)15-21)14-19-8-11-26(3,4)12-9-19/h6-7,15,17-19H,8-14,16H2,1-5H3,(H,31,32)/t27-/m0/s1. The summed E-state index contributed by atoms with van der Waals surface area (Å²) in [5.74, 6) is -0.0192. The van der Waals surface area contributed by atoms with Gasteiger partial charge in [0.2, 0.25) is 5.91 Å². The minimum absolute atomic E-state index is 0.0387. The van der Waals surface area contributed by atoms with Gasteiger partial charge in [-0.25, -0.2) is 0 Å². The summed E-state index contributed by atoms with van der Waals surface area (Å²) in [6.45, 7) is 11.3. The van der Waals surface area contributed by atoms with Crippen LogP contribution >= 0.6 is 11.6 Å². The smallest absolute Gasteiger partial charge is 0.305 e. The van der Waals surface area contributed by atoms with Crippen LogP contribution < -0.4 is 0 Å². The van der Waals surface area contributed by atoms with Gasteiger partial charge in [0, 0.05) is 29.6 Å². The molecule has 0 spiro atoms. The van der Waals surface area contributed by atoms with Gasteiger partial charge in [0.05, 0.1) is 6.42 Å². The molecule has 1 aliphatic carbocycles. The Balaban J connectivity index is 1.82. The Morgan fingerprint density at radius 1 is 1.22 bits per heavy atom. The molecule has 0 radical (unpaired) electrons. The predicted octanol–water partition coefficient (Wildman–Crippen LogP) is 6.60. The van der Waals surface area contributed by atoms with Crippen molar-refractivity contribution >= 4 is 23.5 Å². The van der Waals surface area contributed by atoms with Crippen molar-refractivity contribution < 1.29 is 14.7 Å². The molecule has 1 N–H and O–H groups in total. The lowest BCUT2D eigenvalue weighted by atomic mass is 9.68. The molecule has 4 nitrogen and oxygen atoms in total. The van der Waals surface area contributed by atoms with Gasteiger partial charge in [-0.05, 0) is 72.1 Å². The monoisotopic (exact) mass is 459 g/mol. The van der Waals surface area contributed by atoms with E-state index in [1.54, 1.807) is 4.90 Å². The number of carbonyl (C=O) groups excluding carboxylic acids is 1. The van der Waals surface area contributed by atoms with E-state index >= 15 is 0 Å². The Morgan fingerprint density at radius 2 is 1.88 bits per heavy atom. The van der Waals surface area contributed by atoms with Crippen LogP contribution in [-0.4, -0.2) is 28.4 Å². The van der Waals surface area contributed by atoms with E-state index in [2.05, 4.69) is 52.8 Å². The van der Waals surface area contributed by atoms with Crippen LogP contribution in [0.1, 0.15) is 84.3 Å². The molecule has 1 heterocycles. The molecule has 1 fully saturated rings. The lowest BCUT2D eigenvalue weighted by Crippen LogP contribution is -2.42. The van der Waals surface area contributed by atoms with E-state index in [1.165, 1.54) is 31.2 Å². The van der Waals surface area contributed by atoms with Gasteiger partial charge in [0.25, 0.3) is 0 Å². The third kappa shape index (κ3) is 5.57. The Hall–Kier alpha value is -1.81. The third-order valence-electron chi connectivity index (χ3n) is 7.60. The molecule has 3 rings (SSSR count). The molecular formula is C27H38ClNO3. The number of rotatable bonds is 7. The van der Waals surface area contributed by atoms with Crippen molar-refractivity contribution in [1.82, 2.24) is 4.90 Å². The lowest BCUT2D eigenvalue weighted by Gasteiger charge is -2.41. The van der Waals surface area contributed by atoms with Crippen molar-refractivity contribution in [1.29, 1.82) is 0 Å². The van der Waals surface area contributed by atoms with E-state index in [0.29, 0.717) is 17.8 Å². The summed E-state index contributed by atoms with van der Waals surface area (Å²) in [5.41, 5.74) is 3.42. The molecule has 0 aromatic heterocycles. The lowest BCUT2D eigenvalue weighted by molar-refractivity contribution is -0.138. The van der Waals surface area contributed by atoms with Crippen LogP contribution in [0.2, 0.25) is 5.02 Å². The van der Waals surface area contributed by atoms with Crippen LogP contribution in [0.15, 0.2) is 30.0 Å². The van der Waals surface area contributed by atoms with Crippen molar-refractivity contribution in [2.75, 3.05) is 6.54 Å². The number of carboxylic acid groups (broad SMARTS) is 1.